The second-order valence-corrected chi connectivity index (χ2v) is 7.37. The molecule has 1 fully saturated rings. The van der Waals surface area contributed by atoms with Crippen molar-refractivity contribution in [3.63, 3.8) is 0 Å². The zero-order valence-corrected chi connectivity index (χ0v) is 11.2. The van der Waals surface area contributed by atoms with E-state index in [9.17, 15) is 5.11 Å². The molecule has 0 aliphatic carbocycles. The fraction of sp³-hybridized carbons (Fsp3) is 1.00. The van der Waals surface area contributed by atoms with Crippen molar-refractivity contribution < 1.29 is 5.11 Å². The maximum absolute atomic E-state index is 9.84. The number of aliphatic hydroxyl groups excluding tert-OH is 1. The van der Waals surface area contributed by atoms with E-state index in [2.05, 4.69) is 33.0 Å². The van der Waals surface area contributed by atoms with E-state index in [1.54, 1.807) is 0 Å². The van der Waals surface area contributed by atoms with Crippen molar-refractivity contribution in [1.29, 1.82) is 0 Å². The highest BCUT2D eigenvalue weighted by molar-refractivity contribution is 8.00. The average Bonchev–Trinajstić information content (AvgIpc) is 2.45. The average molecular weight is 231 g/mol. The smallest absolute Gasteiger partial charge is 0.0669 e. The Kier molecular flexibility index (Phi) is 4.94. The summed E-state index contributed by atoms with van der Waals surface area (Å²) in [5, 5.41) is 14.1. The Bertz CT molecular complexity index is 191. The van der Waals surface area contributed by atoms with E-state index in [1.165, 1.54) is 12.2 Å². The zero-order valence-electron chi connectivity index (χ0n) is 10.4. The predicted molar refractivity (Wildman–Crippen MR) is 68.4 cm³/mol. The van der Waals surface area contributed by atoms with Gasteiger partial charge < -0.3 is 10.4 Å². The maximum Gasteiger partial charge on any atom is 0.0669 e. The van der Waals surface area contributed by atoms with Gasteiger partial charge in [-0.2, -0.15) is 11.8 Å². The molecule has 0 saturated carbocycles. The van der Waals surface area contributed by atoms with Crippen LogP contribution < -0.4 is 5.32 Å². The van der Waals surface area contributed by atoms with E-state index in [0.717, 1.165) is 18.2 Å². The van der Waals surface area contributed by atoms with Crippen LogP contribution in [0.2, 0.25) is 0 Å². The fourth-order valence-corrected chi connectivity index (χ4v) is 3.22. The molecule has 0 aromatic carbocycles. The van der Waals surface area contributed by atoms with Crippen LogP contribution in [0.25, 0.3) is 0 Å². The number of thioether (sulfide) groups is 1. The van der Waals surface area contributed by atoms with Crippen LogP contribution in [0.4, 0.5) is 0 Å². The second kappa shape index (κ2) is 5.55. The highest BCUT2D eigenvalue weighted by Crippen LogP contribution is 2.26. The van der Waals surface area contributed by atoms with Crippen LogP contribution in [0.3, 0.4) is 0 Å². The van der Waals surface area contributed by atoms with Crippen molar-refractivity contribution in [2.45, 2.75) is 57.9 Å². The quantitative estimate of drug-likeness (QED) is 0.778. The van der Waals surface area contributed by atoms with E-state index in [1.807, 2.05) is 11.8 Å². The first kappa shape index (κ1) is 13.3. The third-order valence-corrected chi connectivity index (χ3v) is 4.04. The van der Waals surface area contributed by atoms with Crippen LogP contribution in [-0.2, 0) is 0 Å². The van der Waals surface area contributed by atoms with Gasteiger partial charge in [0.2, 0.25) is 0 Å². The minimum atomic E-state index is -0.203. The minimum Gasteiger partial charge on any atom is -0.392 e. The normalized spacial score (nSPS) is 29.4. The molecule has 1 rings (SSSR count). The van der Waals surface area contributed by atoms with E-state index < -0.39 is 0 Å². The zero-order chi connectivity index (χ0) is 11.5. The van der Waals surface area contributed by atoms with Crippen molar-refractivity contribution in [2.75, 3.05) is 12.3 Å². The molecule has 1 heterocycles. The Labute approximate surface area is 98.2 Å². The van der Waals surface area contributed by atoms with Crippen molar-refractivity contribution >= 4 is 11.8 Å². The van der Waals surface area contributed by atoms with Gasteiger partial charge in [0, 0.05) is 23.6 Å². The molecular weight excluding hydrogens is 206 g/mol. The lowest BCUT2D eigenvalue weighted by Crippen LogP contribution is -2.37. The maximum atomic E-state index is 9.84. The van der Waals surface area contributed by atoms with E-state index in [4.69, 9.17) is 0 Å². The molecule has 0 aromatic heterocycles. The topological polar surface area (TPSA) is 32.3 Å². The van der Waals surface area contributed by atoms with Crippen molar-refractivity contribution in [1.82, 2.24) is 5.32 Å². The summed E-state index contributed by atoms with van der Waals surface area (Å²) in [6.45, 7) is 9.53. The van der Waals surface area contributed by atoms with Gasteiger partial charge in [-0.25, -0.2) is 0 Å². The summed E-state index contributed by atoms with van der Waals surface area (Å²) in [4.78, 5) is 0. The molecule has 3 heteroatoms. The largest absolute Gasteiger partial charge is 0.392 e. The Balaban J connectivity index is 2.14. The molecule has 0 amide bonds. The monoisotopic (exact) mass is 231 g/mol. The number of rotatable bonds is 4. The second-order valence-electron chi connectivity index (χ2n) is 5.90. The van der Waals surface area contributed by atoms with Crippen molar-refractivity contribution in [3.8, 4) is 0 Å². The molecule has 1 aliphatic heterocycles. The van der Waals surface area contributed by atoms with Gasteiger partial charge in [-0.15, -0.1) is 0 Å². The standard InChI is InChI=1S/C12H25NOS/c1-9-5-10(8-15-9)13-7-11(14)6-12(2,3)4/h9-11,13-14H,5-8H2,1-4H3. The van der Waals surface area contributed by atoms with Gasteiger partial charge in [0.25, 0.3) is 0 Å². The summed E-state index contributed by atoms with van der Waals surface area (Å²) < 4.78 is 0. The number of hydrogen-bond acceptors (Lipinski definition) is 3. The van der Waals surface area contributed by atoms with Crippen LogP contribution in [0.5, 0.6) is 0 Å². The molecule has 0 aromatic rings. The Hall–Kier alpha value is 0.270. The first-order chi connectivity index (χ1) is 6.87. The molecule has 0 spiro atoms. The van der Waals surface area contributed by atoms with Gasteiger partial charge in [0.1, 0.15) is 0 Å². The molecule has 0 bridgehead atoms. The molecule has 0 radical (unpaired) electrons. The summed E-state index contributed by atoms with van der Waals surface area (Å²) in [5.74, 6) is 1.20. The molecule has 90 valence electrons. The van der Waals surface area contributed by atoms with E-state index >= 15 is 0 Å². The molecule has 1 saturated heterocycles. The molecule has 2 nitrogen and oxygen atoms in total. The van der Waals surface area contributed by atoms with Crippen LogP contribution in [0, 0.1) is 5.41 Å². The summed E-state index contributed by atoms with van der Waals surface area (Å²) in [6.07, 6.45) is 1.91. The number of hydrogen-bond donors (Lipinski definition) is 2. The van der Waals surface area contributed by atoms with Gasteiger partial charge >= 0.3 is 0 Å². The van der Waals surface area contributed by atoms with Crippen LogP contribution in [0.1, 0.15) is 40.5 Å². The summed E-state index contributed by atoms with van der Waals surface area (Å²) in [6, 6.07) is 0.611. The molecule has 2 N–H and O–H groups in total. The molecular formula is C12H25NOS. The van der Waals surface area contributed by atoms with Gasteiger partial charge in [-0.1, -0.05) is 27.7 Å². The highest BCUT2D eigenvalue weighted by Gasteiger charge is 2.23. The van der Waals surface area contributed by atoms with Gasteiger partial charge in [0.15, 0.2) is 0 Å². The lowest BCUT2D eigenvalue weighted by Gasteiger charge is -2.23. The first-order valence-electron chi connectivity index (χ1n) is 5.90. The lowest BCUT2D eigenvalue weighted by atomic mass is 9.89. The number of nitrogens with one attached hydrogen (secondary N) is 1. The van der Waals surface area contributed by atoms with Crippen LogP contribution in [0.15, 0.2) is 0 Å². The summed E-state index contributed by atoms with van der Waals surface area (Å²) in [7, 11) is 0. The SMILES string of the molecule is CC1CC(NCC(O)CC(C)(C)C)CS1. The van der Waals surface area contributed by atoms with Gasteiger partial charge in [0.05, 0.1) is 6.10 Å². The minimum absolute atomic E-state index is 0.203. The van der Waals surface area contributed by atoms with Gasteiger partial charge in [-0.05, 0) is 18.3 Å². The van der Waals surface area contributed by atoms with E-state index in [0.29, 0.717) is 6.04 Å². The molecule has 1 aliphatic rings. The highest BCUT2D eigenvalue weighted by atomic mass is 32.2. The van der Waals surface area contributed by atoms with Crippen LogP contribution >= 0.6 is 11.8 Å². The van der Waals surface area contributed by atoms with Crippen molar-refractivity contribution in [2.24, 2.45) is 5.41 Å². The first-order valence-corrected chi connectivity index (χ1v) is 6.95. The third-order valence-electron chi connectivity index (χ3n) is 2.69. The van der Waals surface area contributed by atoms with Crippen molar-refractivity contribution in [3.05, 3.63) is 0 Å². The Morgan fingerprint density at radius 2 is 2.13 bits per heavy atom. The summed E-state index contributed by atoms with van der Waals surface area (Å²) in [5.41, 5.74) is 0.221. The molecule has 3 atom stereocenters. The fourth-order valence-electron chi connectivity index (χ4n) is 2.04. The molecule has 15 heavy (non-hydrogen) atoms. The Morgan fingerprint density at radius 3 is 2.60 bits per heavy atom. The summed E-state index contributed by atoms with van der Waals surface area (Å²) >= 11 is 2.03. The molecule has 3 unspecified atom stereocenters. The predicted octanol–water partition coefficient (Wildman–Crippen LogP) is 2.27. The lowest BCUT2D eigenvalue weighted by molar-refractivity contribution is 0.117. The Morgan fingerprint density at radius 1 is 1.47 bits per heavy atom. The van der Waals surface area contributed by atoms with Gasteiger partial charge in [-0.3, -0.25) is 0 Å². The number of aliphatic hydroxyl groups is 1. The van der Waals surface area contributed by atoms with E-state index in [-0.39, 0.29) is 11.5 Å². The van der Waals surface area contributed by atoms with Crippen LogP contribution in [-0.4, -0.2) is 34.8 Å². The third kappa shape index (κ3) is 5.79.